The van der Waals surface area contributed by atoms with Gasteiger partial charge >= 0.3 is 0 Å². The molecule has 1 nitrogen and oxygen atoms in total. The van der Waals surface area contributed by atoms with Gasteiger partial charge in [0.25, 0.3) is 0 Å². The van der Waals surface area contributed by atoms with Crippen LogP contribution in [0.25, 0.3) is 6.08 Å². The molecule has 0 saturated heterocycles. The van der Waals surface area contributed by atoms with Crippen molar-refractivity contribution in [2.75, 3.05) is 0 Å². The van der Waals surface area contributed by atoms with Crippen molar-refractivity contribution in [3.05, 3.63) is 65.5 Å². The van der Waals surface area contributed by atoms with E-state index in [0.717, 1.165) is 0 Å². The summed E-state index contributed by atoms with van der Waals surface area (Å²) < 4.78 is 2.19. The fourth-order valence-corrected chi connectivity index (χ4v) is 2.30. The molecule has 3 rings (SSSR count). The Morgan fingerprint density at radius 1 is 1.07 bits per heavy atom. The van der Waals surface area contributed by atoms with E-state index in [1.807, 2.05) is 0 Å². The molecule has 15 heavy (non-hydrogen) atoms. The number of nitrogens with zero attached hydrogens (tertiary/aromatic N) is 1. The van der Waals surface area contributed by atoms with E-state index < -0.39 is 0 Å². The largest absolute Gasteiger partial charge is 0.354 e. The Morgan fingerprint density at radius 3 is 2.73 bits per heavy atom. The Balaban J connectivity index is 2.12. The molecule has 1 atom stereocenters. The van der Waals surface area contributed by atoms with E-state index in [1.54, 1.807) is 0 Å². The van der Waals surface area contributed by atoms with Crippen LogP contribution >= 0.6 is 0 Å². The number of allylic oxidation sites excluding steroid dienone is 1. The third-order valence-electron chi connectivity index (χ3n) is 3.10. The van der Waals surface area contributed by atoms with Gasteiger partial charge in [-0.1, -0.05) is 36.4 Å². The van der Waals surface area contributed by atoms with Crippen molar-refractivity contribution in [1.29, 1.82) is 0 Å². The third kappa shape index (κ3) is 1.23. The lowest BCUT2D eigenvalue weighted by atomic mass is 9.98. The monoisotopic (exact) mass is 195 g/mol. The molecular formula is C14H13N. The van der Waals surface area contributed by atoms with E-state index in [2.05, 4.69) is 66.4 Å². The molecule has 0 aliphatic heterocycles. The highest BCUT2D eigenvalue weighted by molar-refractivity contribution is 5.64. The van der Waals surface area contributed by atoms with Crippen LogP contribution in [0.5, 0.6) is 0 Å². The molecule has 1 heteroatoms. The summed E-state index contributed by atoms with van der Waals surface area (Å²) in [5.74, 6) is 0.432. The molecule has 1 aliphatic rings. The van der Waals surface area contributed by atoms with Crippen molar-refractivity contribution >= 4 is 6.08 Å². The normalized spacial score (nSPS) is 18.1. The quantitative estimate of drug-likeness (QED) is 0.658. The van der Waals surface area contributed by atoms with Crippen LogP contribution in [0.1, 0.15) is 22.7 Å². The van der Waals surface area contributed by atoms with Gasteiger partial charge in [0.2, 0.25) is 0 Å². The predicted molar refractivity (Wildman–Crippen MR) is 62.7 cm³/mol. The summed E-state index contributed by atoms with van der Waals surface area (Å²) in [5.41, 5.74) is 4.12. The van der Waals surface area contributed by atoms with Gasteiger partial charge in [-0.15, -0.1) is 0 Å². The second-order valence-corrected chi connectivity index (χ2v) is 4.01. The molecule has 1 aliphatic carbocycles. The van der Waals surface area contributed by atoms with Crippen molar-refractivity contribution in [3.8, 4) is 0 Å². The number of hydrogen-bond donors (Lipinski definition) is 0. The van der Waals surface area contributed by atoms with Gasteiger partial charge in [0.1, 0.15) is 0 Å². The molecular weight excluding hydrogens is 182 g/mol. The van der Waals surface area contributed by atoms with E-state index in [-0.39, 0.29) is 0 Å². The standard InChI is InChI=1S/C14H13N/c1-15-10-4-7-14(15)13-9-8-11-5-2-3-6-12(11)13/h2-10,13H,1H3. The Labute approximate surface area is 89.7 Å². The molecule has 2 aromatic rings. The third-order valence-corrected chi connectivity index (χ3v) is 3.10. The van der Waals surface area contributed by atoms with Gasteiger partial charge in [-0.25, -0.2) is 0 Å². The van der Waals surface area contributed by atoms with Gasteiger partial charge in [-0.3, -0.25) is 0 Å². The summed E-state index contributed by atoms with van der Waals surface area (Å²) in [4.78, 5) is 0. The second kappa shape index (κ2) is 3.13. The first kappa shape index (κ1) is 8.54. The zero-order valence-corrected chi connectivity index (χ0v) is 8.72. The van der Waals surface area contributed by atoms with Crippen LogP contribution in [0.2, 0.25) is 0 Å². The lowest BCUT2D eigenvalue weighted by Gasteiger charge is -2.12. The molecule has 74 valence electrons. The van der Waals surface area contributed by atoms with Gasteiger partial charge in [0, 0.05) is 24.9 Å². The summed E-state index contributed by atoms with van der Waals surface area (Å²) in [6, 6.07) is 12.9. The first-order valence-electron chi connectivity index (χ1n) is 5.24. The Hall–Kier alpha value is -1.76. The van der Waals surface area contributed by atoms with Crippen molar-refractivity contribution in [2.45, 2.75) is 5.92 Å². The fourth-order valence-electron chi connectivity index (χ4n) is 2.30. The molecule has 1 aromatic carbocycles. The molecule has 0 radical (unpaired) electrons. The average molecular weight is 195 g/mol. The maximum atomic E-state index is 2.28. The fraction of sp³-hybridized carbons (Fsp3) is 0.143. The summed E-state index contributed by atoms with van der Waals surface area (Å²) in [5, 5.41) is 0. The van der Waals surface area contributed by atoms with Crippen LogP contribution in [0.3, 0.4) is 0 Å². The molecule has 0 bridgehead atoms. The van der Waals surface area contributed by atoms with E-state index in [4.69, 9.17) is 0 Å². The topological polar surface area (TPSA) is 4.93 Å². The highest BCUT2D eigenvalue weighted by Gasteiger charge is 2.19. The zero-order valence-electron chi connectivity index (χ0n) is 8.72. The van der Waals surface area contributed by atoms with Crippen LogP contribution in [0, 0.1) is 0 Å². The smallest absolute Gasteiger partial charge is 0.0431 e. The molecule has 1 unspecified atom stereocenters. The highest BCUT2D eigenvalue weighted by Crippen LogP contribution is 2.34. The molecule has 0 spiro atoms. The predicted octanol–water partition coefficient (Wildman–Crippen LogP) is 3.18. The maximum Gasteiger partial charge on any atom is 0.0431 e. The number of aromatic nitrogens is 1. The Kier molecular flexibility index (Phi) is 1.78. The van der Waals surface area contributed by atoms with E-state index in [9.17, 15) is 0 Å². The Morgan fingerprint density at radius 2 is 1.93 bits per heavy atom. The molecule has 0 fully saturated rings. The van der Waals surface area contributed by atoms with E-state index >= 15 is 0 Å². The number of hydrogen-bond acceptors (Lipinski definition) is 0. The summed E-state index contributed by atoms with van der Waals surface area (Å²) in [6.07, 6.45) is 6.59. The first-order valence-corrected chi connectivity index (χ1v) is 5.24. The molecule has 1 heterocycles. The van der Waals surface area contributed by atoms with Crippen molar-refractivity contribution in [2.24, 2.45) is 7.05 Å². The van der Waals surface area contributed by atoms with Crippen molar-refractivity contribution in [3.63, 3.8) is 0 Å². The second-order valence-electron chi connectivity index (χ2n) is 4.01. The Bertz CT molecular complexity index is 520. The summed E-state index contributed by atoms with van der Waals surface area (Å²) in [7, 11) is 2.10. The van der Waals surface area contributed by atoms with E-state index in [1.165, 1.54) is 16.8 Å². The van der Waals surface area contributed by atoms with Crippen molar-refractivity contribution in [1.82, 2.24) is 4.57 Å². The van der Waals surface area contributed by atoms with Gasteiger partial charge in [0.05, 0.1) is 0 Å². The lowest BCUT2D eigenvalue weighted by molar-refractivity contribution is 0.814. The minimum Gasteiger partial charge on any atom is -0.354 e. The molecule has 1 aromatic heterocycles. The van der Waals surface area contributed by atoms with E-state index in [0.29, 0.717) is 5.92 Å². The number of benzene rings is 1. The molecule has 0 amide bonds. The summed E-state index contributed by atoms with van der Waals surface area (Å²) >= 11 is 0. The first-order chi connectivity index (χ1) is 7.36. The van der Waals surface area contributed by atoms with Crippen LogP contribution in [-0.2, 0) is 7.05 Å². The number of aryl methyl sites for hydroxylation is 1. The van der Waals surface area contributed by atoms with Crippen LogP contribution in [-0.4, -0.2) is 4.57 Å². The summed E-state index contributed by atoms with van der Waals surface area (Å²) in [6.45, 7) is 0. The highest BCUT2D eigenvalue weighted by atomic mass is 14.9. The van der Waals surface area contributed by atoms with Crippen LogP contribution in [0.4, 0.5) is 0 Å². The van der Waals surface area contributed by atoms with Crippen LogP contribution in [0.15, 0.2) is 48.7 Å². The maximum absolute atomic E-state index is 2.28. The molecule has 0 N–H and O–H groups in total. The van der Waals surface area contributed by atoms with Gasteiger partial charge in [0.15, 0.2) is 0 Å². The SMILES string of the molecule is Cn1cccc1C1C=Cc2ccccc21. The minimum absolute atomic E-state index is 0.432. The lowest BCUT2D eigenvalue weighted by Crippen LogP contribution is -2.01. The zero-order chi connectivity index (χ0) is 10.3. The van der Waals surface area contributed by atoms with Gasteiger partial charge in [-0.2, -0.15) is 0 Å². The minimum atomic E-state index is 0.432. The average Bonchev–Trinajstić information content (AvgIpc) is 2.83. The van der Waals surface area contributed by atoms with Gasteiger partial charge < -0.3 is 4.57 Å². The number of fused-ring (bicyclic) bond motifs is 1. The number of rotatable bonds is 1. The molecule has 0 saturated carbocycles. The van der Waals surface area contributed by atoms with Crippen LogP contribution < -0.4 is 0 Å². The van der Waals surface area contributed by atoms with Crippen molar-refractivity contribution < 1.29 is 0 Å². The van der Waals surface area contributed by atoms with Gasteiger partial charge in [-0.05, 0) is 23.3 Å².